The SMILES string of the molecule is CCCCCC(=O)OCC1C(OCCCOCCCCC(C)(C)C(=O)OCc2ccccc2)=CC=CC1(C)C. The van der Waals surface area contributed by atoms with Crippen LogP contribution in [0.4, 0.5) is 0 Å². The molecule has 0 saturated heterocycles. The number of carbonyl (C=O) groups is 2. The lowest BCUT2D eigenvalue weighted by atomic mass is 9.75. The number of hydrogen-bond acceptors (Lipinski definition) is 6. The topological polar surface area (TPSA) is 71.1 Å². The number of benzene rings is 1. The standard InChI is InChI=1S/C33H50O6/c1-6-7-9-19-30(34)38-26-28-29(18-14-21-32(28,2)3)37-24-15-23-36-22-13-12-20-33(4,5)31(35)39-25-27-16-10-8-11-17-27/h8,10-11,14,16-18,21,28H,6-7,9,12-13,15,19-20,22-26H2,1-5H3. The van der Waals surface area contributed by atoms with E-state index in [9.17, 15) is 9.59 Å². The van der Waals surface area contributed by atoms with Crippen molar-refractivity contribution in [2.45, 2.75) is 92.6 Å². The van der Waals surface area contributed by atoms with Gasteiger partial charge < -0.3 is 18.9 Å². The van der Waals surface area contributed by atoms with Crippen LogP contribution in [0, 0.1) is 16.7 Å². The smallest absolute Gasteiger partial charge is 0.311 e. The number of unbranched alkanes of at least 4 members (excludes halogenated alkanes) is 3. The van der Waals surface area contributed by atoms with Crippen molar-refractivity contribution in [1.82, 2.24) is 0 Å². The molecule has 0 fully saturated rings. The van der Waals surface area contributed by atoms with Crippen LogP contribution in [0.1, 0.15) is 91.5 Å². The molecule has 0 radical (unpaired) electrons. The van der Waals surface area contributed by atoms with Gasteiger partial charge in [0.1, 0.15) is 19.0 Å². The molecule has 218 valence electrons. The quantitative estimate of drug-likeness (QED) is 0.133. The van der Waals surface area contributed by atoms with E-state index in [-0.39, 0.29) is 23.3 Å². The molecular weight excluding hydrogens is 492 g/mol. The second kappa shape index (κ2) is 17.2. The Balaban J connectivity index is 1.59. The minimum absolute atomic E-state index is 0.00119. The Morgan fingerprint density at radius 1 is 0.923 bits per heavy atom. The lowest BCUT2D eigenvalue weighted by molar-refractivity contribution is -0.155. The molecule has 1 unspecified atom stereocenters. The van der Waals surface area contributed by atoms with Crippen LogP contribution in [-0.4, -0.2) is 38.4 Å². The van der Waals surface area contributed by atoms with E-state index >= 15 is 0 Å². The average molecular weight is 543 g/mol. The molecule has 39 heavy (non-hydrogen) atoms. The van der Waals surface area contributed by atoms with Gasteiger partial charge in [0.2, 0.25) is 0 Å². The number of allylic oxidation sites excluding steroid dienone is 3. The van der Waals surface area contributed by atoms with Crippen molar-refractivity contribution in [3.63, 3.8) is 0 Å². The molecule has 1 aromatic carbocycles. The van der Waals surface area contributed by atoms with Gasteiger partial charge in [-0.3, -0.25) is 9.59 Å². The van der Waals surface area contributed by atoms with Crippen molar-refractivity contribution in [3.8, 4) is 0 Å². The fourth-order valence-corrected chi connectivity index (χ4v) is 4.45. The van der Waals surface area contributed by atoms with Gasteiger partial charge in [-0.2, -0.15) is 0 Å². The number of esters is 2. The molecule has 0 aromatic heterocycles. The Hall–Kier alpha value is -2.60. The molecule has 0 heterocycles. The van der Waals surface area contributed by atoms with Crippen molar-refractivity contribution < 1.29 is 28.5 Å². The summed E-state index contributed by atoms with van der Waals surface area (Å²) in [5.74, 6) is 0.574. The molecule has 0 saturated carbocycles. The first-order chi connectivity index (χ1) is 18.7. The van der Waals surface area contributed by atoms with Crippen LogP contribution >= 0.6 is 0 Å². The monoisotopic (exact) mass is 542 g/mol. The molecule has 2 rings (SSSR count). The summed E-state index contributed by atoms with van der Waals surface area (Å²) in [6, 6.07) is 9.75. The third-order valence-corrected chi connectivity index (χ3v) is 7.23. The second-order valence-electron chi connectivity index (χ2n) is 11.7. The maximum absolute atomic E-state index is 12.5. The molecule has 1 aliphatic carbocycles. The van der Waals surface area contributed by atoms with E-state index in [1.54, 1.807) is 0 Å². The molecule has 0 aliphatic heterocycles. The van der Waals surface area contributed by atoms with Crippen LogP contribution in [0.15, 0.2) is 54.3 Å². The zero-order valence-corrected chi connectivity index (χ0v) is 24.8. The molecule has 0 bridgehead atoms. The first-order valence-electron chi connectivity index (χ1n) is 14.6. The summed E-state index contributed by atoms with van der Waals surface area (Å²) < 4.78 is 23.0. The highest BCUT2D eigenvalue weighted by molar-refractivity contribution is 5.75. The maximum atomic E-state index is 12.5. The number of ether oxygens (including phenoxy) is 4. The highest BCUT2D eigenvalue weighted by atomic mass is 16.5. The van der Waals surface area contributed by atoms with E-state index in [0.29, 0.717) is 39.5 Å². The van der Waals surface area contributed by atoms with Crippen molar-refractivity contribution >= 4 is 11.9 Å². The van der Waals surface area contributed by atoms with Crippen molar-refractivity contribution in [1.29, 1.82) is 0 Å². The molecule has 0 spiro atoms. The number of hydrogen-bond donors (Lipinski definition) is 0. The summed E-state index contributed by atoms with van der Waals surface area (Å²) in [7, 11) is 0. The van der Waals surface area contributed by atoms with Crippen molar-refractivity contribution in [2.75, 3.05) is 26.4 Å². The predicted molar refractivity (Wildman–Crippen MR) is 155 cm³/mol. The van der Waals surface area contributed by atoms with Gasteiger partial charge in [0.15, 0.2) is 0 Å². The molecule has 6 nitrogen and oxygen atoms in total. The minimum Gasteiger partial charge on any atom is -0.497 e. The van der Waals surface area contributed by atoms with E-state index in [0.717, 1.165) is 56.3 Å². The summed E-state index contributed by atoms with van der Waals surface area (Å²) in [5, 5.41) is 0. The highest BCUT2D eigenvalue weighted by Crippen LogP contribution is 2.38. The van der Waals surface area contributed by atoms with Gasteiger partial charge in [-0.05, 0) is 50.2 Å². The van der Waals surface area contributed by atoms with E-state index in [1.165, 1.54) is 0 Å². The molecule has 1 atom stereocenters. The van der Waals surface area contributed by atoms with Crippen molar-refractivity contribution in [3.05, 3.63) is 59.9 Å². The van der Waals surface area contributed by atoms with Gasteiger partial charge in [0.25, 0.3) is 0 Å². The van der Waals surface area contributed by atoms with Crippen molar-refractivity contribution in [2.24, 2.45) is 16.7 Å². The average Bonchev–Trinajstić information content (AvgIpc) is 2.90. The minimum atomic E-state index is -0.515. The van der Waals surface area contributed by atoms with Gasteiger partial charge in [-0.25, -0.2) is 0 Å². The van der Waals surface area contributed by atoms with Crippen LogP contribution in [0.25, 0.3) is 0 Å². The van der Waals surface area contributed by atoms with E-state index < -0.39 is 5.41 Å². The summed E-state index contributed by atoms with van der Waals surface area (Å²) in [4.78, 5) is 24.6. The first kappa shape index (κ1) is 32.6. The van der Waals surface area contributed by atoms with E-state index in [1.807, 2.05) is 56.3 Å². The van der Waals surface area contributed by atoms with Crippen LogP contribution in [0.5, 0.6) is 0 Å². The molecule has 1 aliphatic rings. The van der Waals surface area contributed by atoms with Gasteiger partial charge in [0, 0.05) is 26.1 Å². The van der Waals surface area contributed by atoms with Crippen LogP contribution in [0.3, 0.4) is 0 Å². The third kappa shape index (κ3) is 12.4. The normalized spacial score (nSPS) is 16.4. The third-order valence-electron chi connectivity index (χ3n) is 7.23. The fourth-order valence-electron chi connectivity index (χ4n) is 4.45. The summed E-state index contributed by atoms with van der Waals surface area (Å²) in [6.07, 6.45) is 13.0. The zero-order chi connectivity index (χ0) is 28.6. The largest absolute Gasteiger partial charge is 0.497 e. The van der Waals surface area contributed by atoms with Crippen LogP contribution < -0.4 is 0 Å². The van der Waals surface area contributed by atoms with Gasteiger partial charge in [0.05, 0.1) is 17.9 Å². The second-order valence-corrected chi connectivity index (χ2v) is 11.7. The molecule has 6 heteroatoms. The summed E-state index contributed by atoms with van der Waals surface area (Å²) in [6.45, 7) is 12.8. The first-order valence-corrected chi connectivity index (χ1v) is 14.6. The lowest BCUT2D eigenvalue weighted by Gasteiger charge is -2.35. The van der Waals surface area contributed by atoms with Crippen LogP contribution in [-0.2, 0) is 35.1 Å². The zero-order valence-electron chi connectivity index (χ0n) is 24.8. The fraction of sp³-hybridized carbons (Fsp3) is 0.636. The van der Waals surface area contributed by atoms with Gasteiger partial charge in [-0.1, -0.05) is 82.5 Å². The predicted octanol–water partition coefficient (Wildman–Crippen LogP) is 7.57. The van der Waals surface area contributed by atoms with Crippen LogP contribution in [0.2, 0.25) is 0 Å². The van der Waals surface area contributed by atoms with Gasteiger partial charge >= 0.3 is 11.9 Å². The Morgan fingerprint density at radius 3 is 2.41 bits per heavy atom. The lowest BCUT2D eigenvalue weighted by Crippen LogP contribution is -2.32. The summed E-state index contributed by atoms with van der Waals surface area (Å²) >= 11 is 0. The van der Waals surface area contributed by atoms with E-state index in [2.05, 4.69) is 26.8 Å². The Kier molecular flexibility index (Phi) is 14.4. The Morgan fingerprint density at radius 2 is 1.67 bits per heavy atom. The molecule has 1 aromatic rings. The Bertz CT molecular complexity index is 915. The number of carbonyl (C=O) groups excluding carboxylic acids is 2. The Labute approximate surface area is 236 Å². The van der Waals surface area contributed by atoms with E-state index in [4.69, 9.17) is 18.9 Å². The number of rotatable bonds is 19. The highest BCUT2D eigenvalue weighted by Gasteiger charge is 2.34. The van der Waals surface area contributed by atoms with Gasteiger partial charge in [-0.15, -0.1) is 0 Å². The summed E-state index contributed by atoms with van der Waals surface area (Å²) in [5.41, 5.74) is 0.334. The molecular formula is C33H50O6. The molecule has 0 amide bonds. The maximum Gasteiger partial charge on any atom is 0.311 e. The molecule has 0 N–H and O–H groups in total.